The molecule has 1 aliphatic carbocycles. The van der Waals surface area contributed by atoms with Crippen molar-refractivity contribution >= 4 is 0 Å². The third kappa shape index (κ3) is 5.14. The van der Waals surface area contributed by atoms with Crippen molar-refractivity contribution in [3.05, 3.63) is 35.4 Å². The van der Waals surface area contributed by atoms with Gasteiger partial charge in [0.1, 0.15) is 0 Å². The van der Waals surface area contributed by atoms with Crippen molar-refractivity contribution in [1.29, 1.82) is 0 Å². The summed E-state index contributed by atoms with van der Waals surface area (Å²) in [6, 6.07) is 9.84. The van der Waals surface area contributed by atoms with Gasteiger partial charge in [-0.15, -0.1) is 0 Å². The Kier molecular flexibility index (Phi) is 5.87. The van der Waals surface area contributed by atoms with E-state index >= 15 is 0 Å². The molecule has 1 fully saturated rings. The van der Waals surface area contributed by atoms with Gasteiger partial charge in [0.2, 0.25) is 0 Å². The second-order valence-corrected chi connectivity index (χ2v) is 7.78. The van der Waals surface area contributed by atoms with Crippen LogP contribution < -0.4 is 5.32 Å². The van der Waals surface area contributed by atoms with Crippen LogP contribution in [0.1, 0.15) is 76.3 Å². The van der Waals surface area contributed by atoms with Gasteiger partial charge in [-0.25, -0.2) is 0 Å². The van der Waals surface area contributed by atoms with E-state index in [1.165, 1.54) is 56.2 Å². The van der Waals surface area contributed by atoms with Gasteiger partial charge < -0.3 is 5.32 Å². The van der Waals surface area contributed by atoms with Gasteiger partial charge in [-0.05, 0) is 43.1 Å². The summed E-state index contributed by atoms with van der Waals surface area (Å²) in [5.74, 6) is 0.784. The number of hydrogen-bond donors (Lipinski definition) is 1. The molecule has 0 amide bonds. The summed E-state index contributed by atoms with van der Waals surface area (Å²) >= 11 is 0. The minimum Gasteiger partial charge on any atom is -0.313 e. The maximum atomic E-state index is 3.80. The highest BCUT2D eigenvalue weighted by atomic mass is 14.9. The fourth-order valence-electron chi connectivity index (χ4n) is 3.26. The normalized spacial score (nSPS) is 22.1. The van der Waals surface area contributed by atoms with Crippen molar-refractivity contribution in [3.8, 4) is 0 Å². The Labute approximate surface area is 131 Å². The second-order valence-electron chi connectivity index (χ2n) is 7.78. The number of benzene rings is 1. The first-order valence-electron chi connectivity index (χ1n) is 8.80. The highest BCUT2D eigenvalue weighted by Gasteiger charge is 2.31. The summed E-state index contributed by atoms with van der Waals surface area (Å²) in [4.78, 5) is 0. The standard InChI is InChI=1S/C20H33N/c1-5-6-7-12-20(3,4)15-21-19-13-18(14-19)17-10-8-16(2)9-11-17/h8-11,18-19,21H,5-7,12-15H2,1-4H3. The van der Waals surface area contributed by atoms with Crippen LogP contribution in [0.2, 0.25) is 0 Å². The van der Waals surface area contributed by atoms with Crippen LogP contribution in [0, 0.1) is 12.3 Å². The minimum atomic E-state index is 0.449. The zero-order chi connectivity index (χ0) is 15.3. The molecule has 2 rings (SSSR count). The van der Waals surface area contributed by atoms with Crippen molar-refractivity contribution in [3.63, 3.8) is 0 Å². The molecular formula is C20H33N. The Balaban J connectivity index is 1.67. The zero-order valence-corrected chi connectivity index (χ0v) is 14.4. The first-order chi connectivity index (χ1) is 10.00. The van der Waals surface area contributed by atoms with E-state index in [1.807, 2.05) is 0 Å². The van der Waals surface area contributed by atoms with Crippen LogP contribution in [0.25, 0.3) is 0 Å². The molecule has 0 spiro atoms. The van der Waals surface area contributed by atoms with Gasteiger partial charge in [0.15, 0.2) is 0 Å². The molecule has 1 nitrogen and oxygen atoms in total. The number of hydrogen-bond acceptors (Lipinski definition) is 1. The van der Waals surface area contributed by atoms with E-state index in [9.17, 15) is 0 Å². The molecular weight excluding hydrogens is 254 g/mol. The third-order valence-corrected chi connectivity index (χ3v) is 5.01. The van der Waals surface area contributed by atoms with Gasteiger partial charge in [0.05, 0.1) is 0 Å². The SMILES string of the molecule is CCCCCC(C)(C)CNC1CC(c2ccc(C)cc2)C1. The number of rotatable bonds is 8. The van der Waals surface area contributed by atoms with Crippen LogP contribution in [0.3, 0.4) is 0 Å². The average molecular weight is 287 g/mol. The number of unbranched alkanes of at least 4 members (excludes halogenated alkanes) is 2. The molecule has 0 bridgehead atoms. The predicted molar refractivity (Wildman–Crippen MR) is 92.9 cm³/mol. The van der Waals surface area contributed by atoms with Crippen LogP contribution in [-0.4, -0.2) is 12.6 Å². The third-order valence-electron chi connectivity index (χ3n) is 5.01. The van der Waals surface area contributed by atoms with Crippen LogP contribution >= 0.6 is 0 Å². The molecule has 0 atom stereocenters. The molecule has 21 heavy (non-hydrogen) atoms. The minimum absolute atomic E-state index is 0.449. The Morgan fingerprint density at radius 3 is 2.38 bits per heavy atom. The van der Waals surface area contributed by atoms with Gasteiger partial charge in [-0.1, -0.05) is 69.9 Å². The van der Waals surface area contributed by atoms with Crippen molar-refractivity contribution in [2.75, 3.05) is 6.54 Å². The first-order valence-corrected chi connectivity index (χ1v) is 8.80. The van der Waals surface area contributed by atoms with Gasteiger partial charge >= 0.3 is 0 Å². The topological polar surface area (TPSA) is 12.0 Å². The maximum absolute atomic E-state index is 3.80. The lowest BCUT2D eigenvalue weighted by atomic mass is 9.75. The zero-order valence-electron chi connectivity index (χ0n) is 14.4. The van der Waals surface area contributed by atoms with Gasteiger partial charge in [0.25, 0.3) is 0 Å². The van der Waals surface area contributed by atoms with E-state index in [0.29, 0.717) is 5.41 Å². The van der Waals surface area contributed by atoms with Crippen molar-refractivity contribution < 1.29 is 0 Å². The average Bonchev–Trinajstić information content (AvgIpc) is 2.39. The number of nitrogens with one attached hydrogen (secondary N) is 1. The van der Waals surface area contributed by atoms with Crippen molar-refractivity contribution in [1.82, 2.24) is 5.32 Å². The summed E-state index contributed by atoms with van der Waals surface area (Å²) in [6.07, 6.45) is 8.05. The van der Waals surface area contributed by atoms with Crippen molar-refractivity contribution in [2.45, 2.75) is 78.2 Å². The van der Waals surface area contributed by atoms with E-state index in [4.69, 9.17) is 0 Å². The summed E-state index contributed by atoms with van der Waals surface area (Å²) in [7, 11) is 0. The summed E-state index contributed by atoms with van der Waals surface area (Å²) in [5.41, 5.74) is 3.34. The lowest BCUT2D eigenvalue weighted by Crippen LogP contribution is -2.44. The van der Waals surface area contributed by atoms with E-state index in [-0.39, 0.29) is 0 Å². The smallest absolute Gasteiger partial charge is 0.00789 e. The largest absolute Gasteiger partial charge is 0.313 e. The molecule has 0 saturated heterocycles. The molecule has 0 aromatic heterocycles. The van der Waals surface area contributed by atoms with E-state index in [0.717, 1.165) is 12.0 Å². The van der Waals surface area contributed by atoms with Crippen LogP contribution in [0.5, 0.6) is 0 Å². The van der Waals surface area contributed by atoms with E-state index in [1.54, 1.807) is 0 Å². The van der Waals surface area contributed by atoms with E-state index in [2.05, 4.69) is 57.3 Å². The summed E-state index contributed by atoms with van der Waals surface area (Å²) in [5, 5.41) is 3.80. The molecule has 0 heterocycles. The summed E-state index contributed by atoms with van der Waals surface area (Å²) < 4.78 is 0. The molecule has 1 heteroatoms. The molecule has 1 saturated carbocycles. The molecule has 1 N–H and O–H groups in total. The van der Waals surface area contributed by atoms with Crippen LogP contribution in [0.4, 0.5) is 0 Å². The highest BCUT2D eigenvalue weighted by Crippen LogP contribution is 2.37. The lowest BCUT2D eigenvalue weighted by molar-refractivity contribution is 0.231. The van der Waals surface area contributed by atoms with E-state index < -0.39 is 0 Å². The van der Waals surface area contributed by atoms with Crippen LogP contribution in [0.15, 0.2) is 24.3 Å². The summed E-state index contributed by atoms with van der Waals surface area (Å²) in [6.45, 7) is 10.4. The Morgan fingerprint density at radius 2 is 1.76 bits per heavy atom. The molecule has 118 valence electrons. The monoisotopic (exact) mass is 287 g/mol. The lowest BCUT2D eigenvalue weighted by Gasteiger charge is -2.38. The maximum Gasteiger partial charge on any atom is 0.00789 e. The van der Waals surface area contributed by atoms with Gasteiger partial charge in [0, 0.05) is 12.6 Å². The molecule has 1 aromatic rings. The fourth-order valence-corrected chi connectivity index (χ4v) is 3.26. The quantitative estimate of drug-likeness (QED) is 0.628. The first kappa shape index (κ1) is 16.5. The molecule has 0 aliphatic heterocycles. The highest BCUT2D eigenvalue weighted by molar-refractivity contribution is 5.26. The van der Waals surface area contributed by atoms with Gasteiger partial charge in [-0.3, -0.25) is 0 Å². The Hall–Kier alpha value is -0.820. The second kappa shape index (κ2) is 7.45. The Bertz CT molecular complexity index is 412. The molecule has 1 aliphatic rings. The van der Waals surface area contributed by atoms with Gasteiger partial charge in [-0.2, -0.15) is 0 Å². The van der Waals surface area contributed by atoms with Crippen LogP contribution in [-0.2, 0) is 0 Å². The number of aryl methyl sites for hydroxylation is 1. The fraction of sp³-hybridized carbons (Fsp3) is 0.700. The molecule has 1 aromatic carbocycles. The molecule has 0 unspecified atom stereocenters. The van der Waals surface area contributed by atoms with Crippen molar-refractivity contribution in [2.24, 2.45) is 5.41 Å². The molecule has 0 radical (unpaired) electrons. The predicted octanol–water partition coefficient (Wildman–Crippen LogP) is 5.44. The Morgan fingerprint density at radius 1 is 1.10 bits per heavy atom.